The van der Waals surface area contributed by atoms with Crippen LogP contribution in [0.3, 0.4) is 0 Å². The topological polar surface area (TPSA) is 53.4 Å². The van der Waals surface area contributed by atoms with E-state index in [1.54, 1.807) is 0 Å². The summed E-state index contributed by atoms with van der Waals surface area (Å²) in [6.07, 6.45) is 0. The van der Waals surface area contributed by atoms with Gasteiger partial charge in [-0.25, -0.2) is 4.98 Å². The average Bonchev–Trinajstić information content (AvgIpc) is 4.10. The molecule has 0 N–H and O–H groups in total. The van der Waals surface area contributed by atoms with Crippen molar-refractivity contribution in [1.29, 1.82) is 0 Å². The third-order valence-corrected chi connectivity index (χ3v) is 12.4. The van der Waals surface area contributed by atoms with Gasteiger partial charge < -0.3 is 18.0 Å². The lowest BCUT2D eigenvalue weighted by molar-refractivity contribution is 0.650. The maximum atomic E-state index is 6.77. The maximum Gasteiger partial charge on any atom is 0.216 e. The second kappa shape index (κ2) is 11.3. The molecule has 274 valence electrons. The summed E-state index contributed by atoms with van der Waals surface area (Å²) < 4.78 is 20.0. The summed E-state index contributed by atoms with van der Waals surface area (Å²) in [5.74, 6) is 0. The van der Waals surface area contributed by atoms with Crippen LogP contribution in [-0.4, -0.2) is 18.5 Å². The molecule has 0 unspecified atom stereocenters. The van der Waals surface area contributed by atoms with Crippen molar-refractivity contribution in [3.05, 3.63) is 182 Å². The minimum atomic E-state index is 0.796. The third kappa shape index (κ3) is 4.11. The minimum absolute atomic E-state index is 0.796. The van der Waals surface area contributed by atoms with Crippen LogP contribution in [0.1, 0.15) is 0 Å². The molecule has 6 aromatic heterocycles. The van der Waals surface area contributed by atoms with Crippen molar-refractivity contribution in [1.82, 2.24) is 18.5 Å². The predicted octanol–water partition coefficient (Wildman–Crippen LogP) is 14.1. The molecule has 0 aliphatic carbocycles. The van der Waals surface area contributed by atoms with Gasteiger partial charge in [0, 0.05) is 43.7 Å². The highest BCUT2D eigenvalue weighted by atomic mass is 16.3. The van der Waals surface area contributed by atoms with E-state index in [1.807, 2.05) is 18.2 Å². The molecule has 8 aromatic carbocycles. The number of pyridine rings is 1. The van der Waals surface area contributed by atoms with E-state index >= 15 is 0 Å². The van der Waals surface area contributed by atoms with Crippen LogP contribution in [0.25, 0.3) is 127 Å². The average molecular weight is 755 g/mol. The fourth-order valence-corrected chi connectivity index (χ4v) is 9.88. The zero-order valence-electron chi connectivity index (χ0n) is 31.4. The van der Waals surface area contributed by atoms with Gasteiger partial charge >= 0.3 is 0 Å². The van der Waals surface area contributed by atoms with Crippen LogP contribution in [0.15, 0.2) is 191 Å². The number of hydrogen-bond donors (Lipinski definition) is 0. The lowest BCUT2D eigenvalue weighted by atomic mass is 10.0. The maximum absolute atomic E-state index is 6.77. The van der Waals surface area contributed by atoms with Crippen molar-refractivity contribution in [2.45, 2.75) is 0 Å². The van der Waals surface area contributed by atoms with Crippen molar-refractivity contribution >= 4 is 104 Å². The molecule has 0 saturated heterocycles. The van der Waals surface area contributed by atoms with Crippen LogP contribution in [0, 0.1) is 0 Å². The fourth-order valence-electron chi connectivity index (χ4n) is 9.88. The van der Waals surface area contributed by atoms with E-state index in [0.29, 0.717) is 0 Å². The number of nitrogens with zero attached hydrogens (tertiary/aromatic N) is 4. The van der Waals surface area contributed by atoms with Crippen molar-refractivity contribution < 1.29 is 8.83 Å². The summed E-state index contributed by atoms with van der Waals surface area (Å²) in [5, 5.41) is 9.04. The molecule has 0 aliphatic rings. The number of benzene rings is 8. The Labute approximate surface area is 335 Å². The van der Waals surface area contributed by atoms with Gasteiger partial charge in [0.15, 0.2) is 5.65 Å². The number of fused-ring (bicyclic) bond motifs is 18. The van der Waals surface area contributed by atoms with E-state index in [-0.39, 0.29) is 0 Å². The van der Waals surface area contributed by atoms with Gasteiger partial charge in [-0.05, 0) is 96.1 Å². The van der Waals surface area contributed by atoms with Gasteiger partial charge in [0.2, 0.25) is 5.71 Å². The Kier molecular flexibility index (Phi) is 5.93. The molecule has 0 saturated carbocycles. The van der Waals surface area contributed by atoms with E-state index < -0.39 is 0 Å². The molecular weight excluding hydrogens is 725 g/mol. The molecule has 6 nitrogen and oxygen atoms in total. The molecule has 0 radical (unpaired) electrons. The summed E-state index contributed by atoms with van der Waals surface area (Å²) in [6, 6.07) is 64.7. The van der Waals surface area contributed by atoms with Crippen molar-refractivity contribution in [2.24, 2.45) is 0 Å². The second-order valence-electron chi connectivity index (χ2n) is 15.5. The molecule has 6 heteroatoms. The van der Waals surface area contributed by atoms with Crippen LogP contribution in [0.4, 0.5) is 0 Å². The summed E-state index contributed by atoms with van der Waals surface area (Å²) >= 11 is 0. The molecular formula is C53H30N4O2. The van der Waals surface area contributed by atoms with Gasteiger partial charge in [0.1, 0.15) is 16.7 Å². The molecule has 14 aromatic rings. The Hall–Kier alpha value is -8.09. The van der Waals surface area contributed by atoms with E-state index in [9.17, 15) is 0 Å². The van der Waals surface area contributed by atoms with E-state index in [0.717, 1.165) is 111 Å². The van der Waals surface area contributed by atoms with Gasteiger partial charge in [0.25, 0.3) is 0 Å². The quantitative estimate of drug-likeness (QED) is 0.180. The van der Waals surface area contributed by atoms with E-state index in [1.165, 1.54) is 16.3 Å². The van der Waals surface area contributed by atoms with Gasteiger partial charge in [-0.2, -0.15) is 0 Å². The highest BCUT2D eigenvalue weighted by Gasteiger charge is 2.26. The standard InChI is InChI=1S/C53H30N4O2/c1-2-12-33(13-3-1)56-44-26-23-32(29-40(44)49-51(56)50-37-16-6-11-21-47(37)59-53(50)57-45-19-9-7-17-41(45)54-52(49)57)31-22-25-43-38(28-31)35-14-4-8-18-42(35)55(43)34-24-27-48-39(30-34)36-15-5-10-20-46(36)58-48/h1-30H. The summed E-state index contributed by atoms with van der Waals surface area (Å²) in [6.45, 7) is 0. The van der Waals surface area contributed by atoms with Gasteiger partial charge in [-0.3, -0.25) is 4.40 Å². The highest BCUT2D eigenvalue weighted by Crippen LogP contribution is 2.45. The minimum Gasteiger partial charge on any atom is -0.456 e. The first kappa shape index (κ1) is 31.0. The number of aromatic nitrogens is 4. The molecule has 0 spiro atoms. The first-order valence-corrected chi connectivity index (χ1v) is 20.0. The largest absolute Gasteiger partial charge is 0.456 e. The Balaban J connectivity index is 1.06. The number of furan rings is 2. The lowest BCUT2D eigenvalue weighted by Crippen LogP contribution is -1.95. The highest BCUT2D eigenvalue weighted by molar-refractivity contribution is 6.29. The first-order chi connectivity index (χ1) is 29.3. The molecule has 0 aliphatic heterocycles. The van der Waals surface area contributed by atoms with Gasteiger partial charge in [0.05, 0.1) is 43.9 Å². The Bertz CT molecular complexity index is 4080. The van der Waals surface area contributed by atoms with Crippen molar-refractivity contribution in [2.75, 3.05) is 0 Å². The third-order valence-electron chi connectivity index (χ3n) is 12.4. The monoisotopic (exact) mass is 754 g/mol. The van der Waals surface area contributed by atoms with Gasteiger partial charge in [-0.15, -0.1) is 0 Å². The van der Waals surface area contributed by atoms with Crippen LogP contribution in [0.5, 0.6) is 0 Å². The molecule has 6 heterocycles. The Morgan fingerprint density at radius 2 is 1.00 bits per heavy atom. The van der Waals surface area contributed by atoms with Crippen molar-refractivity contribution in [3.8, 4) is 22.5 Å². The lowest BCUT2D eigenvalue weighted by Gasteiger charge is -2.10. The SMILES string of the molecule is c1ccc(-n2c3ccc(-c4ccc5c(c4)c4ccccc4n5-c4ccc5oc6ccccc6c5c4)cc3c3c2c2c4ccccc4oc2n2c4ccccc4nc32)cc1. The molecule has 0 amide bonds. The van der Waals surface area contributed by atoms with E-state index in [4.69, 9.17) is 13.8 Å². The number of imidazole rings is 1. The van der Waals surface area contributed by atoms with Crippen LogP contribution in [-0.2, 0) is 0 Å². The molecule has 59 heavy (non-hydrogen) atoms. The van der Waals surface area contributed by atoms with Crippen LogP contribution < -0.4 is 0 Å². The van der Waals surface area contributed by atoms with Crippen LogP contribution in [0.2, 0.25) is 0 Å². The second-order valence-corrected chi connectivity index (χ2v) is 15.5. The van der Waals surface area contributed by atoms with Crippen molar-refractivity contribution in [3.63, 3.8) is 0 Å². The van der Waals surface area contributed by atoms with E-state index in [2.05, 4.69) is 177 Å². The number of para-hydroxylation sites is 6. The number of hydrogen-bond acceptors (Lipinski definition) is 3. The fraction of sp³-hybridized carbons (Fsp3) is 0. The smallest absolute Gasteiger partial charge is 0.216 e. The van der Waals surface area contributed by atoms with Crippen LogP contribution >= 0.6 is 0 Å². The summed E-state index contributed by atoms with van der Waals surface area (Å²) in [5.41, 5.74) is 15.3. The normalized spacial score (nSPS) is 12.4. The Morgan fingerprint density at radius 1 is 0.373 bits per heavy atom. The molecule has 0 atom stereocenters. The zero-order chi connectivity index (χ0) is 38.3. The Morgan fingerprint density at radius 3 is 1.83 bits per heavy atom. The summed E-state index contributed by atoms with van der Waals surface area (Å²) in [4.78, 5) is 5.34. The summed E-state index contributed by atoms with van der Waals surface area (Å²) in [7, 11) is 0. The molecule has 0 bridgehead atoms. The first-order valence-electron chi connectivity index (χ1n) is 20.0. The molecule has 0 fully saturated rings. The van der Waals surface area contributed by atoms with Gasteiger partial charge in [-0.1, -0.05) is 97.1 Å². The molecule has 14 rings (SSSR count). The zero-order valence-corrected chi connectivity index (χ0v) is 31.4. The number of rotatable bonds is 3. The predicted molar refractivity (Wildman–Crippen MR) is 241 cm³/mol.